The van der Waals surface area contributed by atoms with E-state index in [1.165, 1.54) is 7.11 Å². The predicted octanol–water partition coefficient (Wildman–Crippen LogP) is 2.76. The smallest absolute Gasteiger partial charge is 0.407 e. The van der Waals surface area contributed by atoms with Crippen LogP contribution in [0.25, 0.3) is 0 Å². The third kappa shape index (κ3) is 4.75. The van der Waals surface area contributed by atoms with Gasteiger partial charge in [-0.3, -0.25) is 4.79 Å². The highest BCUT2D eigenvalue weighted by atomic mass is 16.5. The first-order valence-corrected chi connectivity index (χ1v) is 5.94. The van der Waals surface area contributed by atoms with Crippen molar-refractivity contribution in [1.29, 1.82) is 0 Å². The summed E-state index contributed by atoms with van der Waals surface area (Å²) in [6, 6.07) is 0. The van der Waals surface area contributed by atoms with Crippen molar-refractivity contribution in [3.05, 3.63) is 0 Å². The van der Waals surface area contributed by atoms with Crippen molar-refractivity contribution in [3.63, 3.8) is 0 Å². The number of Topliss-reactive ketones (excluding diaryl/α,β-unsaturated/α-hetero) is 1. The average molecular weight is 243 g/mol. The minimum Gasteiger partial charge on any atom is -0.453 e. The van der Waals surface area contributed by atoms with E-state index in [1.54, 1.807) is 6.92 Å². The molecule has 0 bridgehead atoms. The Morgan fingerprint density at radius 3 is 1.94 bits per heavy atom. The number of hydrogen-bond acceptors (Lipinski definition) is 3. The zero-order chi connectivity index (χ0) is 13.9. The van der Waals surface area contributed by atoms with Crippen LogP contribution in [0.15, 0.2) is 0 Å². The molecule has 0 fully saturated rings. The number of alkyl carbamates (subject to hydrolysis) is 1. The summed E-state index contributed by atoms with van der Waals surface area (Å²) in [5.41, 5.74) is -1.37. The van der Waals surface area contributed by atoms with Crippen LogP contribution in [0.4, 0.5) is 4.79 Å². The van der Waals surface area contributed by atoms with Gasteiger partial charge >= 0.3 is 6.09 Å². The van der Waals surface area contributed by atoms with Gasteiger partial charge in [0.2, 0.25) is 0 Å². The van der Waals surface area contributed by atoms with Crippen LogP contribution in [-0.2, 0) is 9.53 Å². The summed E-state index contributed by atoms with van der Waals surface area (Å²) < 4.78 is 4.59. The van der Waals surface area contributed by atoms with Crippen molar-refractivity contribution < 1.29 is 14.3 Å². The van der Waals surface area contributed by atoms with Gasteiger partial charge in [-0.25, -0.2) is 4.79 Å². The molecule has 0 unspecified atom stereocenters. The Labute approximate surface area is 104 Å². The highest BCUT2D eigenvalue weighted by molar-refractivity contribution is 5.94. The predicted molar refractivity (Wildman–Crippen MR) is 67.9 cm³/mol. The third-order valence-corrected chi connectivity index (χ3v) is 2.56. The highest BCUT2D eigenvalue weighted by Crippen LogP contribution is 2.28. The third-order valence-electron chi connectivity index (χ3n) is 2.56. The number of hydrogen-bond donors (Lipinski definition) is 1. The lowest BCUT2D eigenvalue weighted by Gasteiger charge is -2.35. The van der Waals surface area contributed by atoms with Gasteiger partial charge in [-0.1, -0.05) is 34.6 Å². The molecule has 0 rings (SSSR count). The van der Waals surface area contributed by atoms with Gasteiger partial charge < -0.3 is 10.1 Å². The first kappa shape index (κ1) is 15.9. The van der Waals surface area contributed by atoms with Crippen LogP contribution in [0.5, 0.6) is 0 Å². The quantitative estimate of drug-likeness (QED) is 0.826. The number of ether oxygens (including phenoxy) is 1. The van der Waals surface area contributed by atoms with Crippen molar-refractivity contribution in [3.8, 4) is 0 Å². The molecule has 0 aliphatic heterocycles. The van der Waals surface area contributed by atoms with Crippen LogP contribution < -0.4 is 5.32 Å². The van der Waals surface area contributed by atoms with Crippen molar-refractivity contribution >= 4 is 11.9 Å². The first-order chi connectivity index (χ1) is 7.53. The summed E-state index contributed by atoms with van der Waals surface area (Å²) in [4.78, 5) is 23.8. The fraction of sp³-hybridized carbons (Fsp3) is 0.846. The van der Waals surface area contributed by atoms with Crippen LogP contribution in [0.3, 0.4) is 0 Å². The summed E-state index contributed by atoms with van der Waals surface area (Å²) in [6.07, 6.45) is 0.0313. The number of carbonyl (C=O) groups is 2. The second-order valence-corrected chi connectivity index (χ2v) is 6.13. The van der Waals surface area contributed by atoms with Gasteiger partial charge in [-0.15, -0.1) is 0 Å². The Hall–Kier alpha value is -1.06. The summed E-state index contributed by atoms with van der Waals surface area (Å²) >= 11 is 0. The number of rotatable bonds is 4. The molecule has 0 aliphatic carbocycles. The van der Waals surface area contributed by atoms with E-state index in [9.17, 15) is 9.59 Å². The Bertz CT molecular complexity index is 292. The maximum absolute atomic E-state index is 12.4. The first-order valence-electron chi connectivity index (χ1n) is 5.94. The molecule has 0 aromatic heterocycles. The topological polar surface area (TPSA) is 55.4 Å². The lowest BCUT2D eigenvalue weighted by molar-refractivity contribution is -0.133. The van der Waals surface area contributed by atoms with E-state index in [1.807, 2.05) is 34.6 Å². The lowest BCUT2D eigenvalue weighted by Crippen LogP contribution is -2.56. The van der Waals surface area contributed by atoms with Crippen molar-refractivity contribution in [1.82, 2.24) is 5.32 Å². The largest absolute Gasteiger partial charge is 0.453 e. The van der Waals surface area contributed by atoms with Gasteiger partial charge in [0.05, 0.1) is 12.6 Å². The summed E-state index contributed by atoms with van der Waals surface area (Å²) in [5.74, 6) is 0.326. The van der Waals surface area contributed by atoms with E-state index in [-0.39, 0.29) is 5.78 Å². The summed E-state index contributed by atoms with van der Waals surface area (Å²) in [6.45, 7) is 11.4. The van der Waals surface area contributed by atoms with Crippen LogP contribution >= 0.6 is 0 Å². The Kier molecular flexibility index (Phi) is 5.17. The van der Waals surface area contributed by atoms with Gasteiger partial charge in [0.1, 0.15) is 0 Å². The number of nitrogens with one attached hydrogen (secondary N) is 1. The molecule has 1 amide bonds. The Morgan fingerprint density at radius 2 is 1.65 bits per heavy atom. The minimum atomic E-state index is -0.875. The van der Waals surface area contributed by atoms with E-state index in [2.05, 4.69) is 10.1 Å². The molecular weight excluding hydrogens is 218 g/mol. The SMILES string of the molecule is COC(=O)N[C@](C)(CC(C)C)C(=O)C(C)(C)C. The Morgan fingerprint density at radius 1 is 1.18 bits per heavy atom. The molecule has 100 valence electrons. The Balaban J connectivity index is 5.10. The second-order valence-electron chi connectivity index (χ2n) is 6.13. The van der Waals surface area contributed by atoms with E-state index in [0.29, 0.717) is 12.3 Å². The van der Waals surface area contributed by atoms with Crippen LogP contribution in [0, 0.1) is 11.3 Å². The number of ketones is 1. The molecule has 0 heterocycles. The fourth-order valence-corrected chi connectivity index (χ4v) is 2.12. The van der Waals surface area contributed by atoms with E-state index in [4.69, 9.17) is 0 Å². The molecule has 1 N–H and O–H groups in total. The number of methoxy groups -OCH3 is 1. The molecule has 0 radical (unpaired) electrons. The fourth-order valence-electron chi connectivity index (χ4n) is 2.12. The molecular formula is C13H25NO3. The number of carbonyl (C=O) groups excluding carboxylic acids is 2. The summed E-state index contributed by atoms with van der Waals surface area (Å²) in [5, 5.41) is 2.67. The van der Waals surface area contributed by atoms with Gasteiger partial charge in [0, 0.05) is 5.41 Å². The molecule has 17 heavy (non-hydrogen) atoms. The van der Waals surface area contributed by atoms with Gasteiger partial charge in [0.15, 0.2) is 5.78 Å². The van der Waals surface area contributed by atoms with Crippen molar-refractivity contribution in [2.45, 2.75) is 53.5 Å². The average Bonchev–Trinajstić information content (AvgIpc) is 2.13. The molecule has 0 spiro atoms. The van der Waals surface area contributed by atoms with Crippen molar-refractivity contribution in [2.24, 2.45) is 11.3 Å². The van der Waals surface area contributed by atoms with Crippen LogP contribution in [0.1, 0.15) is 48.0 Å². The molecule has 0 aliphatic rings. The van der Waals surface area contributed by atoms with Crippen LogP contribution in [0.2, 0.25) is 0 Å². The second kappa shape index (κ2) is 5.52. The maximum Gasteiger partial charge on any atom is 0.407 e. The molecule has 4 heteroatoms. The van der Waals surface area contributed by atoms with E-state index in [0.717, 1.165) is 0 Å². The monoisotopic (exact) mass is 243 g/mol. The summed E-state index contributed by atoms with van der Waals surface area (Å²) in [7, 11) is 1.30. The minimum absolute atomic E-state index is 0.0177. The zero-order valence-electron chi connectivity index (χ0n) is 12.0. The highest BCUT2D eigenvalue weighted by Gasteiger charge is 2.41. The number of amides is 1. The van der Waals surface area contributed by atoms with E-state index < -0.39 is 17.0 Å². The van der Waals surface area contributed by atoms with Crippen LogP contribution in [-0.4, -0.2) is 24.5 Å². The molecule has 0 saturated carbocycles. The molecule has 4 nitrogen and oxygen atoms in total. The lowest BCUT2D eigenvalue weighted by atomic mass is 9.75. The van der Waals surface area contributed by atoms with Gasteiger partial charge in [-0.2, -0.15) is 0 Å². The van der Waals surface area contributed by atoms with Crippen molar-refractivity contribution in [2.75, 3.05) is 7.11 Å². The molecule has 1 atom stereocenters. The zero-order valence-corrected chi connectivity index (χ0v) is 12.0. The molecule has 0 aromatic rings. The van der Waals surface area contributed by atoms with Gasteiger partial charge in [0.25, 0.3) is 0 Å². The van der Waals surface area contributed by atoms with Gasteiger partial charge in [-0.05, 0) is 19.3 Å². The maximum atomic E-state index is 12.4. The molecule has 0 aromatic carbocycles. The standard InChI is InChI=1S/C13H25NO3/c1-9(2)8-13(6,14-11(16)17-7)10(15)12(3,4)5/h9H,8H2,1-7H3,(H,14,16)/t13-/m1/s1. The molecule has 0 saturated heterocycles. The van der Waals surface area contributed by atoms with E-state index >= 15 is 0 Å². The normalized spacial score (nSPS) is 15.3.